The molecule has 2 aliphatic rings. The van der Waals surface area contributed by atoms with E-state index in [1.807, 2.05) is 6.92 Å². The van der Waals surface area contributed by atoms with Crippen molar-refractivity contribution in [2.75, 3.05) is 33.4 Å². The van der Waals surface area contributed by atoms with Crippen LogP contribution in [-0.2, 0) is 33.9 Å². The molecule has 0 saturated carbocycles. The molecule has 1 amide bonds. The largest absolute Gasteiger partial charge is 0.469 e. The molecule has 1 aromatic carbocycles. The molecule has 2 aliphatic heterocycles. The predicted molar refractivity (Wildman–Crippen MR) is 110 cm³/mol. The van der Waals surface area contributed by atoms with Gasteiger partial charge in [-0.05, 0) is 44.7 Å². The SMILES string of the molecule is COC(=O)C1CCN(C(=O)COC(=O)[C@@H]2CCCN2S(=O)(=O)c2ccc(C)cc2)CC1. The van der Waals surface area contributed by atoms with Crippen LogP contribution in [0.3, 0.4) is 0 Å². The molecule has 2 fully saturated rings. The number of benzene rings is 1. The van der Waals surface area contributed by atoms with Crippen molar-refractivity contribution in [2.45, 2.75) is 43.5 Å². The van der Waals surface area contributed by atoms with Crippen LogP contribution in [0.2, 0.25) is 0 Å². The fourth-order valence-electron chi connectivity index (χ4n) is 3.96. The average Bonchev–Trinajstić information content (AvgIpc) is 3.28. The fourth-order valence-corrected chi connectivity index (χ4v) is 5.61. The topological polar surface area (TPSA) is 110 Å². The highest BCUT2D eigenvalue weighted by Gasteiger charge is 2.40. The molecule has 170 valence electrons. The maximum atomic E-state index is 13.0. The smallest absolute Gasteiger partial charge is 0.324 e. The molecule has 2 saturated heterocycles. The van der Waals surface area contributed by atoms with Gasteiger partial charge >= 0.3 is 11.9 Å². The standard InChI is InChI=1S/C21H28N2O7S/c1-15-5-7-17(8-6-15)31(27,28)23-11-3-4-18(23)21(26)30-14-19(24)22-12-9-16(10-13-22)20(25)29-2/h5-8,16,18H,3-4,9-14H2,1-2H3/t18-/m0/s1. The van der Waals surface area contributed by atoms with E-state index < -0.39 is 28.6 Å². The van der Waals surface area contributed by atoms with Gasteiger partial charge in [0.25, 0.3) is 5.91 Å². The first-order chi connectivity index (χ1) is 14.7. The molecule has 0 spiro atoms. The van der Waals surface area contributed by atoms with Crippen molar-refractivity contribution in [1.82, 2.24) is 9.21 Å². The van der Waals surface area contributed by atoms with Gasteiger partial charge < -0.3 is 14.4 Å². The first-order valence-electron chi connectivity index (χ1n) is 10.3. The molecule has 2 heterocycles. The molecule has 10 heteroatoms. The summed E-state index contributed by atoms with van der Waals surface area (Å²) in [5.74, 6) is -1.58. The number of carbonyl (C=O) groups is 3. The molecule has 1 aromatic rings. The number of nitrogens with zero attached hydrogens (tertiary/aromatic N) is 2. The van der Waals surface area contributed by atoms with Crippen LogP contribution in [0.25, 0.3) is 0 Å². The van der Waals surface area contributed by atoms with Gasteiger partial charge in [-0.25, -0.2) is 8.42 Å². The van der Waals surface area contributed by atoms with Crippen LogP contribution < -0.4 is 0 Å². The van der Waals surface area contributed by atoms with E-state index in [0.29, 0.717) is 38.8 Å². The number of rotatable bonds is 6. The third kappa shape index (κ3) is 5.24. The molecule has 0 aliphatic carbocycles. The number of carbonyl (C=O) groups excluding carboxylic acids is 3. The second-order valence-corrected chi connectivity index (χ2v) is 9.76. The number of piperidine rings is 1. The first kappa shape index (κ1) is 23.2. The van der Waals surface area contributed by atoms with Crippen LogP contribution in [-0.4, -0.2) is 74.9 Å². The van der Waals surface area contributed by atoms with Crippen LogP contribution in [0, 0.1) is 12.8 Å². The van der Waals surface area contributed by atoms with E-state index in [1.165, 1.54) is 19.2 Å². The minimum absolute atomic E-state index is 0.127. The van der Waals surface area contributed by atoms with E-state index in [4.69, 9.17) is 9.47 Å². The summed E-state index contributed by atoms with van der Waals surface area (Å²) >= 11 is 0. The molecule has 0 unspecified atom stereocenters. The molecule has 9 nitrogen and oxygen atoms in total. The van der Waals surface area contributed by atoms with Crippen molar-refractivity contribution >= 4 is 27.9 Å². The fraction of sp³-hybridized carbons (Fsp3) is 0.571. The number of hydrogen-bond donors (Lipinski definition) is 0. The zero-order chi connectivity index (χ0) is 22.6. The van der Waals surface area contributed by atoms with Gasteiger partial charge in [0, 0.05) is 19.6 Å². The maximum Gasteiger partial charge on any atom is 0.324 e. The lowest BCUT2D eigenvalue weighted by Crippen LogP contribution is -2.44. The normalized spacial score (nSPS) is 20.5. The van der Waals surface area contributed by atoms with Crippen molar-refractivity contribution in [1.29, 1.82) is 0 Å². The number of hydrogen-bond acceptors (Lipinski definition) is 7. The van der Waals surface area contributed by atoms with Gasteiger partial charge in [0.2, 0.25) is 10.0 Å². The van der Waals surface area contributed by atoms with Crippen molar-refractivity contribution < 1.29 is 32.3 Å². The van der Waals surface area contributed by atoms with Crippen LogP contribution in [0.1, 0.15) is 31.2 Å². The molecule has 3 rings (SSSR count). The molecule has 0 aromatic heterocycles. The second-order valence-electron chi connectivity index (χ2n) is 7.87. The van der Waals surface area contributed by atoms with Gasteiger partial charge in [-0.2, -0.15) is 4.31 Å². The summed E-state index contributed by atoms with van der Waals surface area (Å²) in [6.45, 7) is 2.41. The van der Waals surface area contributed by atoms with Gasteiger partial charge in [-0.1, -0.05) is 17.7 Å². The molecule has 0 N–H and O–H groups in total. The minimum Gasteiger partial charge on any atom is -0.469 e. The van der Waals surface area contributed by atoms with E-state index in [0.717, 1.165) is 9.87 Å². The number of sulfonamides is 1. The number of ether oxygens (including phenoxy) is 2. The zero-order valence-electron chi connectivity index (χ0n) is 17.8. The zero-order valence-corrected chi connectivity index (χ0v) is 18.6. The molecular weight excluding hydrogens is 424 g/mol. The van der Waals surface area contributed by atoms with Crippen molar-refractivity contribution in [3.8, 4) is 0 Å². The van der Waals surface area contributed by atoms with Gasteiger partial charge in [-0.15, -0.1) is 0 Å². The van der Waals surface area contributed by atoms with Crippen LogP contribution in [0.15, 0.2) is 29.2 Å². The quantitative estimate of drug-likeness (QED) is 0.595. The van der Waals surface area contributed by atoms with E-state index in [2.05, 4.69) is 0 Å². The van der Waals surface area contributed by atoms with Gasteiger partial charge in [-0.3, -0.25) is 14.4 Å². The Hall–Kier alpha value is -2.46. The van der Waals surface area contributed by atoms with E-state index in [-0.39, 0.29) is 29.2 Å². The Balaban J connectivity index is 1.56. The average molecular weight is 453 g/mol. The summed E-state index contributed by atoms with van der Waals surface area (Å²) in [5.41, 5.74) is 0.936. The van der Waals surface area contributed by atoms with E-state index in [9.17, 15) is 22.8 Å². The van der Waals surface area contributed by atoms with Crippen molar-refractivity contribution in [3.05, 3.63) is 29.8 Å². The molecule has 1 atom stereocenters. The highest BCUT2D eigenvalue weighted by Crippen LogP contribution is 2.27. The number of likely N-dealkylation sites (tertiary alicyclic amines) is 1. The highest BCUT2D eigenvalue weighted by molar-refractivity contribution is 7.89. The number of aryl methyl sites for hydroxylation is 1. The lowest BCUT2D eigenvalue weighted by Gasteiger charge is -2.30. The lowest BCUT2D eigenvalue weighted by molar-refractivity contribution is -0.156. The second kappa shape index (κ2) is 9.78. The Labute approximate surface area is 182 Å². The van der Waals surface area contributed by atoms with Crippen molar-refractivity contribution in [2.24, 2.45) is 5.92 Å². The summed E-state index contributed by atoms with van der Waals surface area (Å²) in [5, 5.41) is 0. The van der Waals surface area contributed by atoms with Crippen LogP contribution in [0.4, 0.5) is 0 Å². The summed E-state index contributed by atoms with van der Waals surface area (Å²) in [6.07, 6.45) is 1.89. The summed E-state index contributed by atoms with van der Waals surface area (Å²) in [7, 11) is -2.49. The summed E-state index contributed by atoms with van der Waals surface area (Å²) in [6, 6.07) is 5.51. The first-order valence-corrected chi connectivity index (χ1v) is 11.8. The Morgan fingerprint density at radius 3 is 2.26 bits per heavy atom. The van der Waals surface area contributed by atoms with Gasteiger partial charge in [0.1, 0.15) is 6.04 Å². The number of amides is 1. The van der Waals surface area contributed by atoms with Gasteiger partial charge in [0.05, 0.1) is 17.9 Å². The summed E-state index contributed by atoms with van der Waals surface area (Å²) < 4.78 is 37.0. The Bertz CT molecular complexity index is 922. The Morgan fingerprint density at radius 1 is 1.00 bits per heavy atom. The predicted octanol–water partition coefficient (Wildman–Crippen LogP) is 1.10. The monoisotopic (exact) mass is 452 g/mol. The number of methoxy groups -OCH3 is 1. The van der Waals surface area contributed by atoms with E-state index >= 15 is 0 Å². The Morgan fingerprint density at radius 2 is 1.65 bits per heavy atom. The Kier molecular flexibility index (Phi) is 7.32. The van der Waals surface area contributed by atoms with E-state index in [1.54, 1.807) is 17.0 Å². The molecule has 31 heavy (non-hydrogen) atoms. The van der Waals surface area contributed by atoms with Gasteiger partial charge in [0.15, 0.2) is 6.61 Å². The molecular formula is C21H28N2O7S. The number of esters is 2. The van der Waals surface area contributed by atoms with Crippen molar-refractivity contribution in [3.63, 3.8) is 0 Å². The third-order valence-corrected chi connectivity index (χ3v) is 7.75. The van der Waals surface area contributed by atoms with Crippen LogP contribution >= 0.6 is 0 Å². The minimum atomic E-state index is -3.83. The van der Waals surface area contributed by atoms with Crippen LogP contribution in [0.5, 0.6) is 0 Å². The molecule has 0 radical (unpaired) electrons. The maximum absolute atomic E-state index is 13.0. The third-order valence-electron chi connectivity index (χ3n) is 5.82. The highest BCUT2D eigenvalue weighted by atomic mass is 32.2. The molecule has 0 bridgehead atoms. The lowest BCUT2D eigenvalue weighted by atomic mass is 9.97. The summed E-state index contributed by atoms with van der Waals surface area (Å²) in [4.78, 5) is 38.2.